The Morgan fingerprint density at radius 3 is 2.56 bits per heavy atom. The molecule has 4 nitrogen and oxygen atoms in total. The van der Waals surface area contributed by atoms with Crippen LogP contribution in [0.5, 0.6) is 5.75 Å². The maximum absolute atomic E-state index is 12.4. The van der Waals surface area contributed by atoms with Gasteiger partial charge in [-0.1, -0.05) is 47.5 Å². The molecule has 1 atom stereocenters. The van der Waals surface area contributed by atoms with Crippen molar-refractivity contribution < 1.29 is 14.3 Å². The molecular weight excluding hydrogens is 338 g/mol. The summed E-state index contributed by atoms with van der Waals surface area (Å²) < 4.78 is 5.42. The second-order valence-corrected chi connectivity index (χ2v) is 6.92. The average Bonchev–Trinajstić information content (AvgIpc) is 2.94. The van der Waals surface area contributed by atoms with Crippen molar-refractivity contribution in [2.45, 2.75) is 26.8 Å². The molecule has 0 spiro atoms. The molecule has 0 bridgehead atoms. The van der Waals surface area contributed by atoms with Gasteiger partial charge in [-0.3, -0.25) is 9.59 Å². The molecule has 0 saturated carbocycles. The fourth-order valence-electron chi connectivity index (χ4n) is 2.88. The van der Waals surface area contributed by atoms with Crippen LogP contribution in [0.15, 0.2) is 42.5 Å². The number of hydrogen-bond acceptors (Lipinski definition) is 3. The molecule has 25 heavy (non-hydrogen) atoms. The third-order valence-corrected chi connectivity index (χ3v) is 4.65. The van der Waals surface area contributed by atoms with Gasteiger partial charge in [-0.25, -0.2) is 0 Å². The lowest BCUT2D eigenvalue weighted by Gasteiger charge is -2.16. The van der Waals surface area contributed by atoms with Gasteiger partial charge in [-0.05, 0) is 37.1 Å². The quantitative estimate of drug-likeness (QED) is 0.615. The topological polar surface area (TPSA) is 46.6 Å². The van der Waals surface area contributed by atoms with Crippen molar-refractivity contribution in [3.05, 3.63) is 64.2 Å². The van der Waals surface area contributed by atoms with E-state index in [9.17, 15) is 9.59 Å². The van der Waals surface area contributed by atoms with E-state index in [2.05, 4.69) is 0 Å². The molecule has 2 aromatic carbocycles. The Morgan fingerprint density at radius 1 is 1.16 bits per heavy atom. The number of rotatable bonds is 4. The summed E-state index contributed by atoms with van der Waals surface area (Å²) in [6.07, 6.45) is 0.175. The van der Waals surface area contributed by atoms with E-state index in [1.54, 1.807) is 17.0 Å². The fraction of sp³-hybridized carbons (Fsp3) is 0.300. The SMILES string of the molecule is Cc1ccc(CN2CC(C(=O)Oc3cc(C)ccc3Cl)CC2=O)cc1. The minimum Gasteiger partial charge on any atom is -0.425 e. The molecule has 5 heteroatoms. The third kappa shape index (κ3) is 4.20. The van der Waals surface area contributed by atoms with Gasteiger partial charge in [0.05, 0.1) is 10.9 Å². The van der Waals surface area contributed by atoms with Gasteiger partial charge in [0.25, 0.3) is 0 Å². The van der Waals surface area contributed by atoms with Crippen molar-refractivity contribution in [1.29, 1.82) is 0 Å². The van der Waals surface area contributed by atoms with E-state index < -0.39 is 11.9 Å². The monoisotopic (exact) mass is 357 g/mol. The van der Waals surface area contributed by atoms with Crippen LogP contribution in [0.2, 0.25) is 5.02 Å². The van der Waals surface area contributed by atoms with E-state index in [1.807, 2.05) is 44.2 Å². The van der Waals surface area contributed by atoms with Crippen molar-refractivity contribution in [1.82, 2.24) is 4.90 Å². The summed E-state index contributed by atoms with van der Waals surface area (Å²) in [5.74, 6) is -0.559. The highest BCUT2D eigenvalue weighted by Crippen LogP contribution is 2.28. The van der Waals surface area contributed by atoms with Crippen LogP contribution in [0.4, 0.5) is 0 Å². The Labute approximate surface area is 152 Å². The smallest absolute Gasteiger partial charge is 0.316 e. The molecular formula is C20H20ClNO3. The summed E-state index contributed by atoms with van der Waals surface area (Å²) >= 11 is 6.07. The van der Waals surface area contributed by atoms with E-state index in [-0.39, 0.29) is 12.3 Å². The van der Waals surface area contributed by atoms with Gasteiger partial charge in [0.1, 0.15) is 5.75 Å². The largest absolute Gasteiger partial charge is 0.425 e. The van der Waals surface area contributed by atoms with Crippen LogP contribution in [0.3, 0.4) is 0 Å². The number of likely N-dealkylation sites (tertiary alicyclic amines) is 1. The third-order valence-electron chi connectivity index (χ3n) is 4.34. The molecule has 130 valence electrons. The van der Waals surface area contributed by atoms with Gasteiger partial charge >= 0.3 is 5.97 Å². The molecule has 1 fully saturated rings. The van der Waals surface area contributed by atoms with E-state index in [1.165, 1.54) is 5.56 Å². The highest BCUT2D eigenvalue weighted by Gasteiger charge is 2.35. The van der Waals surface area contributed by atoms with Crippen LogP contribution in [0, 0.1) is 19.8 Å². The molecule has 2 aromatic rings. The van der Waals surface area contributed by atoms with Crippen LogP contribution in [0.25, 0.3) is 0 Å². The van der Waals surface area contributed by atoms with Crippen LogP contribution < -0.4 is 4.74 Å². The minimum atomic E-state index is -0.463. The molecule has 1 unspecified atom stereocenters. The number of carbonyl (C=O) groups excluding carboxylic acids is 2. The van der Waals surface area contributed by atoms with E-state index >= 15 is 0 Å². The van der Waals surface area contributed by atoms with Crippen molar-refractivity contribution in [2.75, 3.05) is 6.54 Å². The number of halogens is 1. The zero-order valence-corrected chi connectivity index (χ0v) is 15.0. The Balaban J connectivity index is 1.64. The summed E-state index contributed by atoms with van der Waals surface area (Å²) in [6, 6.07) is 13.3. The van der Waals surface area contributed by atoms with Gasteiger partial charge in [0.2, 0.25) is 5.91 Å². The zero-order chi connectivity index (χ0) is 18.0. The minimum absolute atomic E-state index is 0.0298. The van der Waals surface area contributed by atoms with Crippen LogP contribution in [-0.4, -0.2) is 23.3 Å². The molecule has 0 radical (unpaired) electrons. The zero-order valence-electron chi connectivity index (χ0n) is 14.3. The lowest BCUT2D eigenvalue weighted by molar-refractivity contribution is -0.139. The first-order valence-electron chi connectivity index (χ1n) is 8.23. The predicted molar refractivity (Wildman–Crippen MR) is 96.5 cm³/mol. The standard InChI is InChI=1S/C20H20ClNO3/c1-13-3-6-15(7-4-13)11-22-12-16(10-19(22)23)20(24)25-18-9-14(2)5-8-17(18)21/h3-9,16H,10-12H2,1-2H3. The Morgan fingerprint density at radius 2 is 1.84 bits per heavy atom. The molecule has 3 rings (SSSR count). The number of hydrogen-bond donors (Lipinski definition) is 0. The van der Waals surface area contributed by atoms with E-state index in [0.29, 0.717) is 23.9 Å². The summed E-state index contributed by atoms with van der Waals surface area (Å²) in [4.78, 5) is 26.3. The molecule has 1 heterocycles. The molecule has 1 saturated heterocycles. The van der Waals surface area contributed by atoms with Crippen molar-refractivity contribution in [2.24, 2.45) is 5.92 Å². The van der Waals surface area contributed by atoms with Crippen LogP contribution >= 0.6 is 11.6 Å². The van der Waals surface area contributed by atoms with E-state index in [4.69, 9.17) is 16.3 Å². The van der Waals surface area contributed by atoms with Gasteiger partial charge in [-0.2, -0.15) is 0 Å². The number of ether oxygens (including phenoxy) is 1. The first-order chi connectivity index (χ1) is 11.9. The lowest BCUT2D eigenvalue weighted by atomic mass is 10.1. The number of nitrogens with zero attached hydrogens (tertiary/aromatic N) is 1. The van der Waals surface area contributed by atoms with Crippen molar-refractivity contribution >= 4 is 23.5 Å². The van der Waals surface area contributed by atoms with Gasteiger partial charge < -0.3 is 9.64 Å². The molecule has 0 N–H and O–H groups in total. The summed E-state index contributed by atoms with van der Waals surface area (Å²) in [5.41, 5.74) is 3.18. The summed E-state index contributed by atoms with van der Waals surface area (Å²) in [6.45, 7) is 4.80. The van der Waals surface area contributed by atoms with E-state index in [0.717, 1.165) is 11.1 Å². The predicted octanol–water partition coefficient (Wildman–Crippen LogP) is 3.91. The maximum Gasteiger partial charge on any atom is 0.316 e. The number of aryl methyl sites for hydroxylation is 2. The molecule has 1 aliphatic rings. The Hall–Kier alpha value is -2.33. The molecule has 0 aliphatic carbocycles. The number of esters is 1. The number of amides is 1. The van der Waals surface area contributed by atoms with Crippen LogP contribution in [0.1, 0.15) is 23.1 Å². The second kappa shape index (κ2) is 7.28. The first-order valence-corrected chi connectivity index (χ1v) is 8.61. The maximum atomic E-state index is 12.4. The molecule has 0 aromatic heterocycles. The molecule has 1 aliphatic heterocycles. The number of carbonyl (C=O) groups is 2. The lowest BCUT2D eigenvalue weighted by Crippen LogP contribution is -2.27. The summed E-state index contributed by atoms with van der Waals surface area (Å²) in [7, 11) is 0. The normalized spacial score (nSPS) is 17.0. The fourth-order valence-corrected chi connectivity index (χ4v) is 3.03. The highest BCUT2D eigenvalue weighted by atomic mass is 35.5. The highest BCUT2D eigenvalue weighted by molar-refractivity contribution is 6.32. The number of benzene rings is 2. The van der Waals surface area contributed by atoms with Crippen molar-refractivity contribution in [3.63, 3.8) is 0 Å². The van der Waals surface area contributed by atoms with Crippen LogP contribution in [-0.2, 0) is 16.1 Å². The van der Waals surface area contributed by atoms with Gasteiger partial charge in [0.15, 0.2) is 0 Å². The van der Waals surface area contributed by atoms with Crippen molar-refractivity contribution in [3.8, 4) is 5.75 Å². The Bertz CT molecular complexity index is 801. The Kier molecular flexibility index (Phi) is 5.09. The molecule has 1 amide bonds. The first kappa shape index (κ1) is 17.5. The van der Waals surface area contributed by atoms with Gasteiger partial charge in [0, 0.05) is 19.5 Å². The van der Waals surface area contributed by atoms with Gasteiger partial charge in [-0.15, -0.1) is 0 Å². The average molecular weight is 358 g/mol. The second-order valence-electron chi connectivity index (χ2n) is 6.52. The summed E-state index contributed by atoms with van der Waals surface area (Å²) in [5, 5.41) is 0.389.